The molecule has 2 aliphatic rings. The molecule has 7 nitrogen and oxygen atoms in total. The Balaban J connectivity index is 1.21. The van der Waals surface area contributed by atoms with E-state index in [4.69, 9.17) is 9.47 Å². The third kappa shape index (κ3) is 3.89. The van der Waals surface area contributed by atoms with Crippen LogP contribution in [0.15, 0.2) is 54.7 Å². The fourth-order valence-electron chi connectivity index (χ4n) is 4.16. The van der Waals surface area contributed by atoms with Crippen molar-refractivity contribution in [1.29, 1.82) is 0 Å². The van der Waals surface area contributed by atoms with Crippen molar-refractivity contribution in [3.63, 3.8) is 0 Å². The molecule has 0 saturated carbocycles. The summed E-state index contributed by atoms with van der Waals surface area (Å²) in [6.07, 6.45) is 3.63. The van der Waals surface area contributed by atoms with Crippen LogP contribution in [0.25, 0.3) is 11.3 Å². The van der Waals surface area contributed by atoms with Crippen LogP contribution in [0.5, 0.6) is 11.5 Å². The number of hydrogen-bond acceptors (Lipinski definition) is 5. The summed E-state index contributed by atoms with van der Waals surface area (Å²) in [5.74, 6) is 1.69. The van der Waals surface area contributed by atoms with Gasteiger partial charge in [-0.15, -0.1) is 0 Å². The second-order valence-corrected chi connectivity index (χ2v) is 7.76. The van der Waals surface area contributed by atoms with Crippen LogP contribution in [-0.2, 0) is 11.3 Å². The lowest BCUT2D eigenvalue weighted by Gasteiger charge is -2.32. The van der Waals surface area contributed by atoms with Crippen molar-refractivity contribution < 1.29 is 14.3 Å². The molecule has 1 saturated heterocycles. The van der Waals surface area contributed by atoms with Crippen LogP contribution in [-0.4, -0.2) is 40.9 Å². The van der Waals surface area contributed by atoms with Gasteiger partial charge < -0.3 is 14.8 Å². The first kappa shape index (κ1) is 18.7. The van der Waals surface area contributed by atoms with E-state index in [2.05, 4.69) is 26.5 Å². The maximum Gasteiger partial charge on any atom is 0.231 e. The van der Waals surface area contributed by atoms with Gasteiger partial charge in [-0.1, -0.05) is 24.3 Å². The summed E-state index contributed by atoms with van der Waals surface area (Å²) >= 11 is 0. The second-order valence-electron chi connectivity index (χ2n) is 7.76. The molecule has 1 fully saturated rings. The number of likely N-dealkylation sites (tertiary alicyclic amines) is 1. The number of fused-ring (bicyclic) bond motifs is 1. The van der Waals surface area contributed by atoms with E-state index in [0.29, 0.717) is 0 Å². The van der Waals surface area contributed by atoms with Crippen molar-refractivity contribution in [2.45, 2.75) is 19.4 Å². The predicted molar refractivity (Wildman–Crippen MR) is 113 cm³/mol. The average Bonchev–Trinajstić information content (AvgIpc) is 3.47. The number of para-hydroxylation sites is 1. The molecule has 7 heteroatoms. The zero-order chi connectivity index (χ0) is 20.3. The summed E-state index contributed by atoms with van der Waals surface area (Å²) in [6.45, 7) is 2.75. The van der Waals surface area contributed by atoms with Crippen molar-refractivity contribution in [2.75, 3.05) is 25.2 Å². The van der Waals surface area contributed by atoms with Crippen molar-refractivity contribution in [3.8, 4) is 22.8 Å². The fourth-order valence-corrected chi connectivity index (χ4v) is 4.16. The van der Waals surface area contributed by atoms with E-state index in [0.717, 1.165) is 66.5 Å². The van der Waals surface area contributed by atoms with E-state index in [1.807, 2.05) is 42.5 Å². The van der Waals surface area contributed by atoms with Gasteiger partial charge in [0.15, 0.2) is 11.5 Å². The van der Waals surface area contributed by atoms with Crippen molar-refractivity contribution in [2.24, 2.45) is 5.92 Å². The number of ether oxygens (including phenoxy) is 2. The van der Waals surface area contributed by atoms with Crippen LogP contribution < -0.4 is 14.8 Å². The van der Waals surface area contributed by atoms with E-state index < -0.39 is 0 Å². The summed E-state index contributed by atoms with van der Waals surface area (Å²) < 4.78 is 11.1. The van der Waals surface area contributed by atoms with Crippen molar-refractivity contribution >= 4 is 11.6 Å². The monoisotopic (exact) mass is 404 g/mol. The topological polar surface area (TPSA) is 79.5 Å². The number of carbonyl (C=O) groups is 1. The van der Waals surface area contributed by atoms with Crippen LogP contribution in [0.2, 0.25) is 0 Å². The molecule has 30 heavy (non-hydrogen) atoms. The summed E-state index contributed by atoms with van der Waals surface area (Å²) in [6, 6.07) is 15.7. The molecule has 0 aliphatic carbocycles. The van der Waals surface area contributed by atoms with E-state index >= 15 is 0 Å². The first-order valence-electron chi connectivity index (χ1n) is 10.3. The molecule has 0 spiro atoms. The number of piperidine rings is 1. The van der Waals surface area contributed by atoms with Crippen LogP contribution in [0.1, 0.15) is 18.4 Å². The van der Waals surface area contributed by atoms with Gasteiger partial charge in [0.2, 0.25) is 12.7 Å². The van der Waals surface area contributed by atoms with Crippen LogP contribution in [0, 0.1) is 5.92 Å². The Morgan fingerprint density at radius 1 is 1.17 bits per heavy atom. The Morgan fingerprint density at radius 2 is 2.07 bits per heavy atom. The van der Waals surface area contributed by atoms with Gasteiger partial charge in [-0.2, -0.15) is 5.10 Å². The van der Waals surface area contributed by atoms with E-state index in [-0.39, 0.29) is 18.6 Å². The molecule has 1 aromatic heterocycles. The highest BCUT2D eigenvalue weighted by atomic mass is 16.7. The molecule has 3 heterocycles. The molecule has 154 valence electrons. The number of aromatic amines is 1. The number of hydrogen-bond donors (Lipinski definition) is 2. The molecule has 3 aromatic rings. The molecule has 0 bridgehead atoms. The van der Waals surface area contributed by atoms with Gasteiger partial charge in [-0.3, -0.25) is 14.8 Å². The quantitative estimate of drug-likeness (QED) is 0.679. The third-order valence-corrected chi connectivity index (χ3v) is 5.71. The number of anilines is 1. The molecule has 1 amide bonds. The number of H-pyrrole nitrogens is 1. The number of rotatable bonds is 5. The minimum absolute atomic E-state index is 0.0278. The Bertz CT molecular complexity index is 1020. The number of benzene rings is 2. The second kappa shape index (κ2) is 8.20. The van der Waals surface area contributed by atoms with Crippen molar-refractivity contribution in [1.82, 2.24) is 15.1 Å². The van der Waals surface area contributed by atoms with Crippen molar-refractivity contribution in [3.05, 3.63) is 60.3 Å². The SMILES string of the molecule is O=C(Nc1ccc(-c2ccn[nH]2)cc1)C1CCCN(Cc2cccc3c2OCO3)C1. The van der Waals surface area contributed by atoms with Gasteiger partial charge in [-0.25, -0.2) is 0 Å². The Kier molecular flexibility index (Phi) is 5.11. The summed E-state index contributed by atoms with van der Waals surface area (Å²) in [5, 5.41) is 9.99. The van der Waals surface area contributed by atoms with Gasteiger partial charge in [0.05, 0.1) is 11.6 Å². The van der Waals surface area contributed by atoms with Gasteiger partial charge in [0, 0.05) is 30.5 Å². The van der Waals surface area contributed by atoms with Crippen LogP contribution >= 0.6 is 0 Å². The first-order chi connectivity index (χ1) is 14.8. The Morgan fingerprint density at radius 3 is 2.90 bits per heavy atom. The summed E-state index contributed by atoms with van der Waals surface area (Å²) in [5.41, 5.74) is 3.92. The Hall–Kier alpha value is -3.32. The predicted octanol–water partition coefficient (Wildman–Crippen LogP) is 3.66. The zero-order valence-corrected chi connectivity index (χ0v) is 16.6. The van der Waals surface area contributed by atoms with Gasteiger partial charge in [-0.05, 0) is 49.2 Å². The molecule has 1 unspecified atom stereocenters. The third-order valence-electron chi connectivity index (χ3n) is 5.71. The van der Waals surface area contributed by atoms with E-state index in [1.54, 1.807) is 6.20 Å². The lowest BCUT2D eigenvalue weighted by Crippen LogP contribution is -2.40. The molecule has 2 N–H and O–H groups in total. The number of nitrogens with one attached hydrogen (secondary N) is 2. The van der Waals surface area contributed by atoms with E-state index in [9.17, 15) is 4.79 Å². The lowest BCUT2D eigenvalue weighted by molar-refractivity contribution is -0.121. The number of aromatic nitrogens is 2. The maximum absolute atomic E-state index is 12.9. The average molecular weight is 404 g/mol. The highest BCUT2D eigenvalue weighted by Crippen LogP contribution is 2.36. The first-order valence-corrected chi connectivity index (χ1v) is 10.3. The van der Waals surface area contributed by atoms with Gasteiger partial charge >= 0.3 is 0 Å². The molecular formula is C23H24N4O3. The lowest BCUT2D eigenvalue weighted by atomic mass is 9.96. The smallest absolute Gasteiger partial charge is 0.231 e. The molecule has 1 atom stereocenters. The van der Waals surface area contributed by atoms with Crippen LogP contribution in [0.4, 0.5) is 5.69 Å². The summed E-state index contributed by atoms with van der Waals surface area (Å²) in [4.78, 5) is 15.2. The molecular weight excluding hydrogens is 380 g/mol. The molecule has 2 aromatic carbocycles. The van der Waals surface area contributed by atoms with Crippen LogP contribution in [0.3, 0.4) is 0 Å². The van der Waals surface area contributed by atoms with Gasteiger partial charge in [0.25, 0.3) is 0 Å². The molecule has 2 aliphatic heterocycles. The van der Waals surface area contributed by atoms with E-state index in [1.165, 1.54) is 0 Å². The highest BCUT2D eigenvalue weighted by Gasteiger charge is 2.27. The summed E-state index contributed by atoms with van der Waals surface area (Å²) in [7, 11) is 0. The standard InChI is InChI=1S/C23H24N4O3/c28-23(25-19-8-6-16(7-9-19)20-10-11-24-26-20)18-4-2-12-27(14-18)13-17-3-1-5-21-22(17)30-15-29-21/h1,3,5-11,18H,2,4,12-15H2,(H,24,26)(H,25,28). The largest absolute Gasteiger partial charge is 0.454 e. The normalized spacial score (nSPS) is 18.3. The number of amides is 1. The highest BCUT2D eigenvalue weighted by molar-refractivity contribution is 5.93. The number of nitrogens with zero attached hydrogens (tertiary/aromatic N) is 2. The van der Waals surface area contributed by atoms with Gasteiger partial charge in [0.1, 0.15) is 0 Å². The number of carbonyl (C=O) groups excluding carboxylic acids is 1. The minimum atomic E-state index is -0.0278. The minimum Gasteiger partial charge on any atom is -0.454 e. The molecule has 5 rings (SSSR count). The Labute approximate surface area is 175 Å². The molecule has 0 radical (unpaired) electrons. The fraction of sp³-hybridized carbons (Fsp3) is 0.304. The maximum atomic E-state index is 12.9. The zero-order valence-electron chi connectivity index (χ0n) is 16.6.